The molecule has 0 radical (unpaired) electrons. The molecule has 1 amide bonds. The zero-order chi connectivity index (χ0) is 19.3. The first-order valence-electron chi connectivity index (χ1n) is 9.04. The monoisotopic (exact) mass is 372 g/mol. The van der Waals surface area contributed by atoms with Crippen LogP contribution in [-0.4, -0.2) is 39.1 Å². The van der Waals surface area contributed by atoms with Crippen molar-refractivity contribution in [1.82, 2.24) is 24.9 Å². The molecule has 4 rings (SSSR count). The Labute approximate surface area is 162 Å². The molecule has 0 unspecified atom stereocenters. The van der Waals surface area contributed by atoms with Gasteiger partial charge in [-0.25, -0.2) is 4.98 Å². The SMILES string of the molecule is CN(c1ccccc1)c1ccc(C(=O)NCCc2nnc3ccccn23)cn1. The van der Waals surface area contributed by atoms with E-state index < -0.39 is 0 Å². The van der Waals surface area contributed by atoms with Gasteiger partial charge in [0.05, 0.1) is 5.56 Å². The lowest BCUT2D eigenvalue weighted by atomic mass is 10.2. The highest BCUT2D eigenvalue weighted by Gasteiger charge is 2.10. The second-order valence-corrected chi connectivity index (χ2v) is 6.35. The number of rotatable bonds is 6. The summed E-state index contributed by atoms with van der Waals surface area (Å²) in [4.78, 5) is 18.8. The molecular formula is C21H20N6O. The van der Waals surface area contributed by atoms with Gasteiger partial charge < -0.3 is 10.2 Å². The quantitative estimate of drug-likeness (QED) is 0.563. The molecule has 7 nitrogen and oxygen atoms in total. The minimum atomic E-state index is -0.157. The highest BCUT2D eigenvalue weighted by atomic mass is 16.1. The summed E-state index contributed by atoms with van der Waals surface area (Å²) in [6, 6.07) is 19.3. The number of carbonyl (C=O) groups excluding carboxylic acids is 1. The number of hydrogen-bond acceptors (Lipinski definition) is 5. The fourth-order valence-electron chi connectivity index (χ4n) is 2.95. The molecule has 4 aromatic rings. The van der Waals surface area contributed by atoms with Gasteiger partial charge in [0.15, 0.2) is 5.65 Å². The van der Waals surface area contributed by atoms with E-state index in [1.807, 2.05) is 77.1 Å². The Morgan fingerprint density at radius 1 is 1.04 bits per heavy atom. The minimum absolute atomic E-state index is 0.157. The fourth-order valence-corrected chi connectivity index (χ4v) is 2.95. The van der Waals surface area contributed by atoms with Crippen molar-refractivity contribution in [1.29, 1.82) is 0 Å². The Morgan fingerprint density at radius 2 is 1.86 bits per heavy atom. The number of hydrogen-bond donors (Lipinski definition) is 1. The summed E-state index contributed by atoms with van der Waals surface area (Å²) in [7, 11) is 1.94. The largest absolute Gasteiger partial charge is 0.352 e. The third-order valence-electron chi connectivity index (χ3n) is 4.52. The molecule has 0 saturated carbocycles. The van der Waals surface area contributed by atoms with E-state index in [4.69, 9.17) is 0 Å². The number of pyridine rings is 2. The molecular weight excluding hydrogens is 352 g/mol. The van der Waals surface area contributed by atoms with Crippen LogP contribution in [0.15, 0.2) is 73.1 Å². The second-order valence-electron chi connectivity index (χ2n) is 6.35. The Hall–Kier alpha value is -3.74. The lowest BCUT2D eigenvalue weighted by molar-refractivity contribution is 0.0953. The maximum absolute atomic E-state index is 12.4. The Balaban J connectivity index is 1.36. The highest BCUT2D eigenvalue weighted by Crippen LogP contribution is 2.20. The fraction of sp³-hybridized carbons (Fsp3) is 0.143. The van der Waals surface area contributed by atoms with E-state index in [-0.39, 0.29) is 5.91 Å². The lowest BCUT2D eigenvalue weighted by Crippen LogP contribution is -2.26. The minimum Gasteiger partial charge on any atom is -0.352 e. The molecule has 28 heavy (non-hydrogen) atoms. The molecule has 0 bridgehead atoms. The number of nitrogens with zero attached hydrogens (tertiary/aromatic N) is 5. The molecule has 0 spiro atoms. The van der Waals surface area contributed by atoms with Crippen molar-refractivity contribution in [3.8, 4) is 0 Å². The van der Waals surface area contributed by atoms with Gasteiger partial charge in [-0.15, -0.1) is 10.2 Å². The molecule has 1 N–H and O–H groups in total. The molecule has 0 aliphatic carbocycles. The molecule has 0 aliphatic rings. The molecule has 0 atom stereocenters. The third-order valence-corrected chi connectivity index (χ3v) is 4.52. The van der Waals surface area contributed by atoms with Crippen LogP contribution < -0.4 is 10.2 Å². The molecule has 0 aliphatic heterocycles. The lowest BCUT2D eigenvalue weighted by Gasteiger charge is -2.18. The summed E-state index contributed by atoms with van der Waals surface area (Å²) >= 11 is 0. The van der Waals surface area contributed by atoms with E-state index in [1.165, 1.54) is 0 Å². The van der Waals surface area contributed by atoms with Crippen LogP contribution in [0.1, 0.15) is 16.2 Å². The molecule has 7 heteroatoms. The van der Waals surface area contributed by atoms with Gasteiger partial charge in [0.1, 0.15) is 11.6 Å². The molecule has 140 valence electrons. The van der Waals surface area contributed by atoms with Crippen LogP contribution in [0.5, 0.6) is 0 Å². The van der Waals surface area contributed by atoms with Gasteiger partial charge >= 0.3 is 0 Å². The van der Waals surface area contributed by atoms with Crippen molar-refractivity contribution in [2.75, 3.05) is 18.5 Å². The summed E-state index contributed by atoms with van der Waals surface area (Å²) in [6.07, 6.45) is 4.11. The second kappa shape index (κ2) is 7.87. The Bertz CT molecular complexity index is 1070. The van der Waals surface area contributed by atoms with Gasteiger partial charge in [-0.2, -0.15) is 0 Å². The van der Waals surface area contributed by atoms with Crippen LogP contribution in [0.3, 0.4) is 0 Å². The summed E-state index contributed by atoms with van der Waals surface area (Å²) in [6.45, 7) is 0.472. The Kier molecular flexibility index (Phi) is 4.97. The number of para-hydroxylation sites is 1. The first-order valence-corrected chi connectivity index (χ1v) is 9.04. The number of fused-ring (bicyclic) bond motifs is 1. The predicted molar refractivity (Wildman–Crippen MR) is 108 cm³/mol. The molecule has 0 saturated heterocycles. The number of aromatic nitrogens is 4. The van der Waals surface area contributed by atoms with Gasteiger partial charge in [0.25, 0.3) is 5.91 Å². The number of anilines is 2. The maximum Gasteiger partial charge on any atom is 0.252 e. The normalized spacial score (nSPS) is 10.8. The summed E-state index contributed by atoms with van der Waals surface area (Å²) in [5, 5.41) is 11.2. The van der Waals surface area contributed by atoms with Crippen molar-refractivity contribution in [3.05, 3.63) is 84.4 Å². The summed E-state index contributed by atoms with van der Waals surface area (Å²) in [5.41, 5.74) is 2.36. The van der Waals surface area contributed by atoms with Gasteiger partial charge in [-0.3, -0.25) is 9.20 Å². The first-order chi connectivity index (χ1) is 13.7. The van der Waals surface area contributed by atoms with E-state index in [2.05, 4.69) is 20.5 Å². The van der Waals surface area contributed by atoms with Crippen molar-refractivity contribution in [2.24, 2.45) is 0 Å². The zero-order valence-electron chi connectivity index (χ0n) is 15.5. The topological polar surface area (TPSA) is 75.4 Å². The van der Waals surface area contributed by atoms with Crippen LogP contribution in [0.2, 0.25) is 0 Å². The number of benzene rings is 1. The zero-order valence-corrected chi connectivity index (χ0v) is 15.5. The van der Waals surface area contributed by atoms with Crippen LogP contribution in [0.25, 0.3) is 5.65 Å². The smallest absolute Gasteiger partial charge is 0.252 e. The highest BCUT2D eigenvalue weighted by molar-refractivity contribution is 5.94. The molecule has 0 fully saturated rings. The van der Waals surface area contributed by atoms with Gasteiger partial charge in [0, 0.05) is 38.1 Å². The van der Waals surface area contributed by atoms with E-state index in [9.17, 15) is 4.79 Å². The van der Waals surface area contributed by atoms with E-state index in [0.717, 1.165) is 23.0 Å². The van der Waals surface area contributed by atoms with E-state index >= 15 is 0 Å². The summed E-state index contributed by atoms with van der Waals surface area (Å²) in [5.74, 6) is 1.43. The van der Waals surface area contributed by atoms with E-state index in [1.54, 1.807) is 12.3 Å². The number of nitrogens with one attached hydrogen (secondary N) is 1. The van der Waals surface area contributed by atoms with E-state index in [0.29, 0.717) is 18.5 Å². The average Bonchev–Trinajstić information content (AvgIpc) is 3.17. The Morgan fingerprint density at radius 3 is 2.64 bits per heavy atom. The molecule has 3 heterocycles. The van der Waals surface area contributed by atoms with Crippen LogP contribution in [-0.2, 0) is 6.42 Å². The van der Waals surface area contributed by atoms with Crippen molar-refractivity contribution >= 4 is 23.1 Å². The predicted octanol–water partition coefficient (Wildman–Crippen LogP) is 2.86. The molecule has 3 aromatic heterocycles. The van der Waals surface area contributed by atoms with Gasteiger partial charge in [-0.05, 0) is 36.4 Å². The maximum atomic E-state index is 12.4. The number of amides is 1. The van der Waals surface area contributed by atoms with Crippen molar-refractivity contribution < 1.29 is 4.79 Å². The average molecular weight is 372 g/mol. The van der Waals surface area contributed by atoms with Gasteiger partial charge in [-0.1, -0.05) is 24.3 Å². The van der Waals surface area contributed by atoms with Crippen LogP contribution in [0.4, 0.5) is 11.5 Å². The summed E-state index contributed by atoms with van der Waals surface area (Å²) < 4.78 is 1.92. The van der Waals surface area contributed by atoms with Crippen molar-refractivity contribution in [2.45, 2.75) is 6.42 Å². The van der Waals surface area contributed by atoms with Crippen molar-refractivity contribution in [3.63, 3.8) is 0 Å². The third kappa shape index (κ3) is 3.68. The van der Waals surface area contributed by atoms with Crippen LogP contribution >= 0.6 is 0 Å². The standard InChI is InChI=1S/C21H20N6O/c1-26(17-7-3-2-4-8-17)18-11-10-16(15-23-18)21(28)22-13-12-20-25-24-19-9-5-6-14-27(19)20/h2-11,14-15H,12-13H2,1H3,(H,22,28). The number of carbonyl (C=O) groups is 1. The van der Waals surface area contributed by atoms with Gasteiger partial charge in [0.2, 0.25) is 0 Å². The van der Waals surface area contributed by atoms with Crippen LogP contribution in [0, 0.1) is 0 Å². The molecule has 1 aromatic carbocycles. The first kappa shape index (κ1) is 17.7.